The number of carbonyl (C=O) groups is 1. The van der Waals surface area contributed by atoms with Crippen molar-refractivity contribution < 1.29 is 17.9 Å². The first-order valence-corrected chi connectivity index (χ1v) is 6.90. The van der Waals surface area contributed by atoms with Crippen molar-refractivity contribution in [2.75, 3.05) is 12.4 Å². The third kappa shape index (κ3) is 3.71. The van der Waals surface area contributed by atoms with Crippen molar-refractivity contribution in [2.24, 2.45) is 5.14 Å². The Morgan fingerprint density at radius 2 is 1.94 bits per heavy atom. The average molecular weight is 272 g/mol. The summed E-state index contributed by atoms with van der Waals surface area (Å²) in [4.78, 5) is 11.4. The largest absolute Gasteiger partial charge is 0.467 e. The van der Waals surface area contributed by atoms with E-state index < -0.39 is 16.1 Å². The van der Waals surface area contributed by atoms with Gasteiger partial charge in [-0.05, 0) is 30.7 Å². The second kappa shape index (κ2) is 5.83. The third-order valence-electron chi connectivity index (χ3n) is 2.42. The van der Waals surface area contributed by atoms with Crippen LogP contribution in [0.5, 0.6) is 0 Å². The van der Waals surface area contributed by atoms with E-state index in [4.69, 9.17) is 5.14 Å². The Hall–Kier alpha value is -1.60. The molecule has 0 saturated carbocycles. The van der Waals surface area contributed by atoms with Gasteiger partial charge in [0.1, 0.15) is 6.04 Å². The summed E-state index contributed by atoms with van der Waals surface area (Å²) in [7, 11) is -2.38. The molecule has 0 aromatic heterocycles. The first kappa shape index (κ1) is 14.5. The summed E-state index contributed by atoms with van der Waals surface area (Å²) in [6.07, 6.45) is 0.559. The zero-order valence-corrected chi connectivity index (χ0v) is 11.0. The molecule has 6 nitrogen and oxygen atoms in total. The van der Waals surface area contributed by atoms with Gasteiger partial charge >= 0.3 is 5.97 Å². The second-order valence-corrected chi connectivity index (χ2v) is 5.26. The number of carbonyl (C=O) groups excluding carboxylic acids is 1. The highest BCUT2D eigenvalue weighted by Gasteiger charge is 2.16. The van der Waals surface area contributed by atoms with Gasteiger partial charge in [-0.1, -0.05) is 6.92 Å². The number of sulfonamides is 1. The van der Waals surface area contributed by atoms with Gasteiger partial charge in [-0.3, -0.25) is 0 Å². The van der Waals surface area contributed by atoms with Crippen LogP contribution in [-0.4, -0.2) is 27.5 Å². The Labute approximate surface area is 106 Å². The van der Waals surface area contributed by atoms with Crippen LogP contribution < -0.4 is 10.5 Å². The third-order valence-corrected chi connectivity index (χ3v) is 3.35. The fraction of sp³-hybridized carbons (Fsp3) is 0.364. The Morgan fingerprint density at radius 3 is 2.33 bits per heavy atom. The van der Waals surface area contributed by atoms with Crippen molar-refractivity contribution in [3.63, 3.8) is 0 Å². The second-order valence-electron chi connectivity index (χ2n) is 3.70. The maximum absolute atomic E-state index is 11.4. The van der Waals surface area contributed by atoms with Crippen LogP contribution in [0.1, 0.15) is 13.3 Å². The van der Waals surface area contributed by atoms with Crippen LogP contribution in [-0.2, 0) is 19.6 Å². The maximum atomic E-state index is 11.4. The van der Waals surface area contributed by atoms with E-state index in [0.29, 0.717) is 12.1 Å². The van der Waals surface area contributed by atoms with Gasteiger partial charge in [-0.15, -0.1) is 0 Å². The topological polar surface area (TPSA) is 98.5 Å². The van der Waals surface area contributed by atoms with Gasteiger partial charge in [0, 0.05) is 5.69 Å². The fourth-order valence-corrected chi connectivity index (χ4v) is 1.93. The number of benzene rings is 1. The lowest BCUT2D eigenvalue weighted by Gasteiger charge is -2.15. The van der Waals surface area contributed by atoms with Crippen molar-refractivity contribution >= 4 is 21.7 Å². The Balaban J connectivity index is 2.83. The van der Waals surface area contributed by atoms with Crippen molar-refractivity contribution in [3.05, 3.63) is 24.3 Å². The number of methoxy groups -OCH3 is 1. The van der Waals surface area contributed by atoms with Crippen LogP contribution in [0.15, 0.2) is 29.2 Å². The summed E-state index contributed by atoms with van der Waals surface area (Å²) in [5, 5.41) is 7.93. The van der Waals surface area contributed by atoms with Crippen LogP contribution in [0.25, 0.3) is 0 Å². The van der Waals surface area contributed by atoms with Crippen LogP contribution in [0, 0.1) is 0 Å². The molecule has 0 aliphatic heterocycles. The normalized spacial score (nSPS) is 12.8. The van der Waals surface area contributed by atoms with Gasteiger partial charge in [-0.25, -0.2) is 18.4 Å². The van der Waals surface area contributed by atoms with E-state index in [-0.39, 0.29) is 10.9 Å². The van der Waals surface area contributed by atoms with E-state index in [0.717, 1.165) is 0 Å². The number of anilines is 1. The van der Waals surface area contributed by atoms with Gasteiger partial charge < -0.3 is 10.1 Å². The van der Waals surface area contributed by atoms with Crippen LogP contribution in [0.4, 0.5) is 5.69 Å². The molecule has 0 radical (unpaired) electrons. The van der Waals surface area contributed by atoms with Crippen molar-refractivity contribution in [3.8, 4) is 0 Å². The standard InChI is InChI=1S/C11H16N2O4S/c1-3-10(11(14)17-2)13-8-4-6-9(7-5-8)18(12,15)16/h4-7,10,13H,3H2,1-2H3,(H2,12,15,16). The molecular weight excluding hydrogens is 256 g/mol. The fourth-order valence-electron chi connectivity index (χ4n) is 1.41. The highest BCUT2D eigenvalue weighted by Crippen LogP contribution is 2.14. The minimum absolute atomic E-state index is 0.0270. The lowest BCUT2D eigenvalue weighted by atomic mass is 10.2. The first-order valence-electron chi connectivity index (χ1n) is 5.35. The summed E-state index contributed by atoms with van der Waals surface area (Å²) < 4.78 is 26.8. The predicted molar refractivity (Wildman–Crippen MR) is 67.5 cm³/mol. The molecule has 0 aliphatic rings. The molecule has 0 aliphatic carbocycles. The summed E-state index contributed by atoms with van der Waals surface area (Å²) in [5.41, 5.74) is 0.625. The molecule has 1 atom stereocenters. The van der Waals surface area contributed by atoms with E-state index in [2.05, 4.69) is 10.1 Å². The van der Waals surface area contributed by atoms with E-state index >= 15 is 0 Å². The number of ether oxygens (including phenoxy) is 1. The average Bonchev–Trinajstić information content (AvgIpc) is 2.34. The molecule has 1 unspecified atom stereocenters. The number of nitrogens with two attached hydrogens (primary N) is 1. The number of rotatable bonds is 5. The number of primary sulfonamides is 1. The smallest absolute Gasteiger partial charge is 0.328 e. The minimum atomic E-state index is -3.69. The molecule has 0 bridgehead atoms. The number of hydrogen-bond donors (Lipinski definition) is 2. The first-order chi connectivity index (χ1) is 8.38. The SMILES string of the molecule is CCC(Nc1ccc(S(N)(=O)=O)cc1)C(=O)OC. The molecule has 0 heterocycles. The number of hydrogen-bond acceptors (Lipinski definition) is 5. The Kier molecular flexibility index (Phi) is 4.69. The minimum Gasteiger partial charge on any atom is -0.467 e. The molecule has 0 spiro atoms. The van der Waals surface area contributed by atoms with Gasteiger partial charge in [0.05, 0.1) is 12.0 Å². The van der Waals surface area contributed by atoms with Gasteiger partial charge in [0.15, 0.2) is 0 Å². The molecule has 3 N–H and O–H groups in total. The van der Waals surface area contributed by atoms with Crippen LogP contribution in [0.3, 0.4) is 0 Å². The van der Waals surface area contributed by atoms with E-state index in [1.54, 1.807) is 12.1 Å². The molecule has 1 aromatic rings. The van der Waals surface area contributed by atoms with Crippen molar-refractivity contribution in [1.29, 1.82) is 0 Å². The summed E-state index contributed by atoms with van der Waals surface area (Å²) in [5.74, 6) is -0.368. The lowest BCUT2D eigenvalue weighted by Crippen LogP contribution is -2.29. The summed E-state index contributed by atoms with van der Waals surface area (Å²) in [6.45, 7) is 1.84. The van der Waals surface area contributed by atoms with Gasteiger partial charge in [-0.2, -0.15) is 0 Å². The van der Waals surface area contributed by atoms with Gasteiger partial charge in [0.2, 0.25) is 10.0 Å². The van der Waals surface area contributed by atoms with E-state index in [9.17, 15) is 13.2 Å². The molecule has 18 heavy (non-hydrogen) atoms. The molecule has 1 aromatic carbocycles. The van der Waals surface area contributed by atoms with E-state index in [1.807, 2.05) is 6.92 Å². The number of nitrogens with one attached hydrogen (secondary N) is 1. The van der Waals surface area contributed by atoms with Gasteiger partial charge in [0.25, 0.3) is 0 Å². The highest BCUT2D eigenvalue weighted by molar-refractivity contribution is 7.89. The van der Waals surface area contributed by atoms with E-state index in [1.165, 1.54) is 19.2 Å². The predicted octanol–water partition coefficient (Wildman–Crippen LogP) is 0.698. The van der Waals surface area contributed by atoms with Crippen LogP contribution >= 0.6 is 0 Å². The monoisotopic (exact) mass is 272 g/mol. The molecule has 0 amide bonds. The van der Waals surface area contributed by atoms with Crippen LogP contribution in [0.2, 0.25) is 0 Å². The summed E-state index contributed by atoms with van der Waals surface area (Å²) in [6, 6.07) is 5.38. The molecular formula is C11H16N2O4S. The molecule has 7 heteroatoms. The maximum Gasteiger partial charge on any atom is 0.328 e. The quantitative estimate of drug-likeness (QED) is 0.769. The summed E-state index contributed by atoms with van der Waals surface area (Å²) >= 11 is 0. The zero-order valence-electron chi connectivity index (χ0n) is 10.2. The Bertz CT molecular complexity index is 510. The molecule has 1 rings (SSSR count). The highest BCUT2D eigenvalue weighted by atomic mass is 32.2. The lowest BCUT2D eigenvalue weighted by molar-refractivity contribution is -0.141. The molecule has 0 fully saturated rings. The Morgan fingerprint density at radius 1 is 1.39 bits per heavy atom. The van der Waals surface area contributed by atoms with Crippen molar-refractivity contribution in [1.82, 2.24) is 0 Å². The van der Waals surface area contributed by atoms with Crippen molar-refractivity contribution in [2.45, 2.75) is 24.3 Å². The molecule has 0 saturated heterocycles. The zero-order chi connectivity index (χ0) is 13.8. The molecule has 100 valence electrons. The number of esters is 1.